The molecule has 182 valence electrons. The minimum Gasteiger partial charge on any atom is -0.494 e. The van der Waals surface area contributed by atoms with Gasteiger partial charge in [-0.1, -0.05) is 31.0 Å². The number of benzene rings is 3. The van der Waals surface area contributed by atoms with E-state index < -0.39 is 0 Å². The molecule has 1 aliphatic heterocycles. The molecular formula is C28H30ClN3O3. The smallest absolute Gasteiger partial charge is 0.255 e. The molecule has 35 heavy (non-hydrogen) atoms. The fourth-order valence-electron chi connectivity index (χ4n) is 3.96. The Balaban J connectivity index is 1.30. The van der Waals surface area contributed by atoms with Crippen LogP contribution in [0.15, 0.2) is 72.8 Å². The molecule has 1 saturated heterocycles. The first-order valence-corrected chi connectivity index (χ1v) is 12.4. The summed E-state index contributed by atoms with van der Waals surface area (Å²) >= 11 is 5.93. The Hall–Kier alpha value is -3.51. The maximum Gasteiger partial charge on any atom is 0.255 e. The third-order valence-corrected chi connectivity index (χ3v) is 6.26. The van der Waals surface area contributed by atoms with Crippen LogP contribution in [0, 0.1) is 0 Å². The Bertz CT molecular complexity index is 1140. The quantitative estimate of drug-likeness (QED) is 0.408. The van der Waals surface area contributed by atoms with E-state index in [-0.39, 0.29) is 11.8 Å². The Morgan fingerprint density at radius 2 is 1.63 bits per heavy atom. The van der Waals surface area contributed by atoms with Crippen molar-refractivity contribution >= 4 is 34.8 Å². The van der Waals surface area contributed by atoms with Gasteiger partial charge in [-0.3, -0.25) is 9.59 Å². The summed E-state index contributed by atoms with van der Waals surface area (Å²) in [5.41, 5.74) is 3.01. The number of piperazine rings is 1. The average molecular weight is 492 g/mol. The van der Waals surface area contributed by atoms with Gasteiger partial charge in [0.15, 0.2) is 0 Å². The lowest BCUT2D eigenvalue weighted by Gasteiger charge is -2.36. The zero-order valence-electron chi connectivity index (χ0n) is 19.9. The van der Waals surface area contributed by atoms with Gasteiger partial charge in [0, 0.05) is 53.7 Å². The predicted octanol–water partition coefficient (Wildman–Crippen LogP) is 5.73. The summed E-state index contributed by atoms with van der Waals surface area (Å²) in [6, 6.07) is 22.0. The number of carbonyl (C=O) groups excluding carboxylic acids is 2. The lowest BCUT2D eigenvalue weighted by molar-refractivity contribution is 0.0746. The van der Waals surface area contributed by atoms with Crippen LogP contribution in [0.4, 0.5) is 11.4 Å². The molecule has 1 fully saturated rings. The number of anilines is 2. The zero-order valence-corrected chi connectivity index (χ0v) is 20.6. The normalized spacial score (nSPS) is 13.4. The standard InChI is InChI=1S/C28H30ClN3O3/c1-2-3-19-35-26-6-4-5-22(20-26)27(33)30-24-11-13-25(14-12-24)31-15-17-32(18-16-31)28(34)21-7-9-23(29)10-8-21/h4-14,20H,2-3,15-19H2,1H3,(H,30,33). The number of halogens is 1. The van der Waals surface area contributed by atoms with Gasteiger partial charge < -0.3 is 19.9 Å². The molecule has 6 nitrogen and oxygen atoms in total. The van der Waals surface area contributed by atoms with Gasteiger partial charge in [-0.05, 0) is 73.2 Å². The SMILES string of the molecule is CCCCOc1cccc(C(=O)Nc2ccc(N3CCN(C(=O)c4ccc(Cl)cc4)CC3)cc2)c1. The van der Waals surface area contributed by atoms with Gasteiger partial charge in [0.05, 0.1) is 6.61 Å². The number of unbranched alkanes of at least 4 members (excludes halogenated alkanes) is 1. The maximum absolute atomic E-state index is 12.7. The number of hydrogen-bond donors (Lipinski definition) is 1. The first-order chi connectivity index (χ1) is 17.0. The number of ether oxygens (including phenoxy) is 1. The molecule has 1 N–H and O–H groups in total. The first kappa shape index (κ1) is 24.6. The number of nitrogens with zero attached hydrogens (tertiary/aromatic N) is 2. The average Bonchev–Trinajstić information content (AvgIpc) is 2.90. The van der Waals surface area contributed by atoms with Gasteiger partial charge in [0.1, 0.15) is 5.75 Å². The molecule has 0 bridgehead atoms. The largest absolute Gasteiger partial charge is 0.494 e. The fourth-order valence-corrected chi connectivity index (χ4v) is 4.09. The lowest BCUT2D eigenvalue weighted by Crippen LogP contribution is -2.48. The Morgan fingerprint density at radius 1 is 0.914 bits per heavy atom. The van der Waals surface area contributed by atoms with Crippen molar-refractivity contribution < 1.29 is 14.3 Å². The van der Waals surface area contributed by atoms with Crippen LogP contribution in [0.1, 0.15) is 40.5 Å². The van der Waals surface area contributed by atoms with Gasteiger partial charge in [0.25, 0.3) is 11.8 Å². The highest BCUT2D eigenvalue weighted by atomic mass is 35.5. The Morgan fingerprint density at radius 3 is 2.31 bits per heavy atom. The van der Waals surface area contributed by atoms with Gasteiger partial charge in [-0.25, -0.2) is 0 Å². The van der Waals surface area contributed by atoms with E-state index in [4.69, 9.17) is 16.3 Å². The van der Waals surface area contributed by atoms with Gasteiger partial charge in [-0.2, -0.15) is 0 Å². The molecule has 7 heteroatoms. The van der Waals surface area contributed by atoms with Crippen LogP contribution in [0.25, 0.3) is 0 Å². The molecule has 0 spiro atoms. The van der Waals surface area contributed by atoms with Gasteiger partial charge in [-0.15, -0.1) is 0 Å². The molecule has 1 aliphatic rings. The van der Waals surface area contributed by atoms with Crippen molar-refractivity contribution in [3.05, 3.63) is 88.9 Å². The van der Waals surface area contributed by atoms with Crippen molar-refractivity contribution in [2.45, 2.75) is 19.8 Å². The number of rotatable bonds is 8. The summed E-state index contributed by atoms with van der Waals surface area (Å²) in [7, 11) is 0. The third-order valence-electron chi connectivity index (χ3n) is 6.01. The van der Waals surface area contributed by atoms with Gasteiger partial charge >= 0.3 is 0 Å². The topological polar surface area (TPSA) is 61.9 Å². The minimum atomic E-state index is -0.173. The van der Waals surface area contributed by atoms with E-state index >= 15 is 0 Å². The van der Waals surface area contributed by atoms with Crippen molar-refractivity contribution in [1.82, 2.24) is 4.90 Å². The number of hydrogen-bond acceptors (Lipinski definition) is 4. The van der Waals surface area contributed by atoms with Crippen molar-refractivity contribution in [2.75, 3.05) is 43.0 Å². The molecule has 0 saturated carbocycles. The second-order valence-corrected chi connectivity index (χ2v) is 8.95. The van der Waals surface area contributed by atoms with E-state index in [0.29, 0.717) is 41.6 Å². The highest BCUT2D eigenvalue weighted by molar-refractivity contribution is 6.30. The Labute approximate surface area is 211 Å². The minimum absolute atomic E-state index is 0.0270. The van der Waals surface area contributed by atoms with Crippen LogP contribution >= 0.6 is 11.6 Å². The molecule has 3 aromatic carbocycles. The number of amides is 2. The van der Waals surface area contributed by atoms with Crippen LogP contribution < -0.4 is 15.0 Å². The van der Waals surface area contributed by atoms with Crippen molar-refractivity contribution in [3.8, 4) is 5.75 Å². The monoisotopic (exact) mass is 491 g/mol. The van der Waals surface area contributed by atoms with E-state index in [1.165, 1.54) is 0 Å². The summed E-state index contributed by atoms with van der Waals surface area (Å²) in [6.07, 6.45) is 2.05. The molecule has 0 atom stereocenters. The first-order valence-electron chi connectivity index (χ1n) is 12.0. The number of carbonyl (C=O) groups is 2. The van der Waals surface area contributed by atoms with Crippen LogP contribution in [-0.2, 0) is 0 Å². The molecule has 1 heterocycles. The molecular weight excluding hydrogens is 462 g/mol. The zero-order chi connectivity index (χ0) is 24.6. The Kier molecular flexibility index (Phi) is 8.27. The lowest BCUT2D eigenvalue weighted by atomic mass is 10.1. The third kappa shape index (κ3) is 6.55. The molecule has 0 aromatic heterocycles. The van der Waals surface area contributed by atoms with Crippen LogP contribution in [0.2, 0.25) is 5.02 Å². The highest BCUT2D eigenvalue weighted by Gasteiger charge is 2.22. The number of nitrogens with one attached hydrogen (secondary N) is 1. The summed E-state index contributed by atoms with van der Waals surface area (Å²) in [5, 5.41) is 3.57. The molecule has 4 rings (SSSR count). The second-order valence-electron chi connectivity index (χ2n) is 8.52. The van der Waals surface area contributed by atoms with Crippen LogP contribution in [-0.4, -0.2) is 49.5 Å². The molecule has 3 aromatic rings. The van der Waals surface area contributed by atoms with Crippen molar-refractivity contribution in [2.24, 2.45) is 0 Å². The molecule has 2 amide bonds. The summed E-state index contributed by atoms with van der Waals surface area (Å²) in [6.45, 7) is 5.55. The fraction of sp³-hybridized carbons (Fsp3) is 0.286. The van der Waals surface area contributed by atoms with E-state index in [9.17, 15) is 9.59 Å². The van der Waals surface area contributed by atoms with E-state index in [1.807, 2.05) is 41.3 Å². The highest BCUT2D eigenvalue weighted by Crippen LogP contribution is 2.22. The summed E-state index contributed by atoms with van der Waals surface area (Å²) in [5.74, 6) is 0.558. The van der Waals surface area contributed by atoms with Gasteiger partial charge in [0.2, 0.25) is 0 Å². The summed E-state index contributed by atoms with van der Waals surface area (Å²) in [4.78, 5) is 29.5. The van der Waals surface area contributed by atoms with E-state index in [1.54, 1.807) is 36.4 Å². The van der Waals surface area contributed by atoms with Crippen LogP contribution in [0.3, 0.4) is 0 Å². The predicted molar refractivity (Wildman–Crippen MR) is 141 cm³/mol. The van der Waals surface area contributed by atoms with E-state index in [0.717, 1.165) is 37.3 Å². The van der Waals surface area contributed by atoms with Crippen molar-refractivity contribution in [3.63, 3.8) is 0 Å². The van der Waals surface area contributed by atoms with Crippen molar-refractivity contribution in [1.29, 1.82) is 0 Å². The van der Waals surface area contributed by atoms with E-state index in [2.05, 4.69) is 17.1 Å². The maximum atomic E-state index is 12.7. The molecule has 0 aliphatic carbocycles. The molecule has 0 radical (unpaired) electrons. The summed E-state index contributed by atoms with van der Waals surface area (Å²) < 4.78 is 5.71. The van der Waals surface area contributed by atoms with Crippen LogP contribution in [0.5, 0.6) is 5.75 Å². The molecule has 0 unspecified atom stereocenters. The second kappa shape index (κ2) is 11.8.